The van der Waals surface area contributed by atoms with Crippen LogP contribution in [0.2, 0.25) is 5.02 Å². The van der Waals surface area contributed by atoms with Gasteiger partial charge >= 0.3 is 0 Å². The number of fused-ring (bicyclic) bond motifs is 2. The van der Waals surface area contributed by atoms with Gasteiger partial charge in [-0.3, -0.25) is 9.36 Å². The zero-order valence-electron chi connectivity index (χ0n) is 18.4. The smallest absolute Gasteiger partial charge is 0.261 e. The van der Waals surface area contributed by atoms with Crippen LogP contribution < -0.4 is 20.5 Å². The van der Waals surface area contributed by atoms with Crippen molar-refractivity contribution in [3.63, 3.8) is 0 Å². The van der Waals surface area contributed by atoms with Gasteiger partial charge in [0.2, 0.25) is 0 Å². The van der Waals surface area contributed by atoms with E-state index in [1.165, 1.54) is 7.11 Å². The van der Waals surface area contributed by atoms with Crippen LogP contribution in [0, 0.1) is 0 Å². The van der Waals surface area contributed by atoms with Crippen molar-refractivity contribution in [2.24, 2.45) is 0 Å². The molecule has 9 heteroatoms. The summed E-state index contributed by atoms with van der Waals surface area (Å²) in [7, 11) is 3.08. The molecule has 2 aromatic heterocycles. The van der Waals surface area contributed by atoms with Crippen LogP contribution in [0.5, 0.6) is 11.5 Å². The van der Waals surface area contributed by atoms with E-state index in [1.807, 2.05) is 36.4 Å². The van der Waals surface area contributed by atoms with Gasteiger partial charge in [-0.25, -0.2) is 9.97 Å². The fraction of sp³-hybridized carbons (Fsp3) is 0.0800. The largest absolute Gasteiger partial charge is 0.493 e. The summed E-state index contributed by atoms with van der Waals surface area (Å²) in [6.45, 7) is 0. The maximum atomic E-state index is 13.5. The van der Waals surface area contributed by atoms with Gasteiger partial charge in [0.05, 0.1) is 25.3 Å². The zero-order valence-corrected chi connectivity index (χ0v) is 19.1. The lowest BCUT2D eigenvalue weighted by Crippen LogP contribution is -2.14. The average molecular weight is 474 g/mol. The van der Waals surface area contributed by atoms with Crippen LogP contribution in [0.4, 0.5) is 11.5 Å². The molecule has 1 amide bonds. The summed E-state index contributed by atoms with van der Waals surface area (Å²) in [4.78, 5) is 23.0. The van der Waals surface area contributed by atoms with Crippen LogP contribution in [0.1, 0.15) is 10.4 Å². The maximum Gasteiger partial charge on any atom is 0.261 e. The van der Waals surface area contributed by atoms with Gasteiger partial charge in [-0.15, -0.1) is 0 Å². The Kier molecular flexibility index (Phi) is 5.43. The molecule has 0 saturated heterocycles. The highest BCUT2D eigenvalue weighted by Gasteiger charge is 2.25. The molecule has 0 aliphatic rings. The molecule has 2 heterocycles. The minimum atomic E-state index is -0.424. The number of methoxy groups -OCH3 is 2. The number of nitrogen functional groups attached to an aromatic ring is 1. The first-order valence-corrected chi connectivity index (χ1v) is 10.7. The van der Waals surface area contributed by atoms with E-state index in [0.717, 1.165) is 0 Å². The van der Waals surface area contributed by atoms with Crippen LogP contribution in [0.15, 0.2) is 66.7 Å². The minimum Gasteiger partial charge on any atom is -0.493 e. The van der Waals surface area contributed by atoms with Crippen molar-refractivity contribution < 1.29 is 14.3 Å². The average Bonchev–Trinajstić information content (AvgIpc) is 3.13. The van der Waals surface area contributed by atoms with Gasteiger partial charge in [0.15, 0.2) is 17.1 Å². The van der Waals surface area contributed by atoms with E-state index in [4.69, 9.17) is 36.8 Å². The Labute approximate surface area is 199 Å². The van der Waals surface area contributed by atoms with Gasteiger partial charge in [-0.05, 0) is 48.5 Å². The molecular formula is C25H20ClN5O3. The number of nitrogens with two attached hydrogens (primary N) is 1. The molecule has 5 aromatic rings. The number of rotatable bonds is 5. The number of amides is 1. The quantitative estimate of drug-likeness (QED) is 0.369. The number of halogens is 1. The third kappa shape index (κ3) is 3.64. The molecule has 5 rings (SSSR count). The molecule has 0 bridgehead atoms. The standard InChI is InChI=1S/C25H20ClN5O3/c1-33-19-12-9-15(13-20(19)34-2)28-25(32)21-22-24(30-18-6-4-3-5-17(18)29-22)31(23(21)27)16-10-7-14(26)8-11-16/h3-13H,27H2,1-2H3,(H,28,32). The van der Waals surface area contributed by atoms with Crippen LogP contribution in [0.3, 0.4) is 0 Å². The number of nitrogens with one attached hydrogen (secondary N) is 1. The highest BCUT2D eigenvalue weighted by molar-refractivity contribution is 6.30. The van der Waals surface area contributed by atoms with Gasteiger partial charge in [0.25, 0.3) is 5.91 Å². The molecule has 0 spiro atoms. The van der Waals surface area contributed by atoms with Crippen molar-refractivity contribution in [2.75, 3.05) is 25.3 Å². The third-order valence-electron chi connectivity index (χ3n) is 5.45. The Morgan fingerprint density at radius 3 is 2.29 bits per heavy atom. The number of hydrogen-bond donors (Lipinski definition) is 2. The van der Waals surface area contributed by atoms with E-state index in [0.29, 0.717) is 50.1 Å². The van der Waals surface area contributed by atoms with Gasteiger partial charge in [-0.2, -0.15) is 0 Å². The number of benzene rings is 3. The number of carbonyl (C=O) groups is 1. The number of aromatic nitrogens is 3. The van der Waals surface area contributed by atoms with E-state index >= 15 is 0 Å². The first kappa shape index (κ1) is 21.5. The van der Waals surface area contributed by atoms with Crippen molar-refractivity contribution in [3.8, 4) is 17.2 Å². The monoisotopic (exact) mass is 473 g/mol. The van der Waals surface area contributed by atoms with E-state index in [-0.39, 0.29) is 11.4 Å². The fourth-order valence-electron chi connectivity index (χ4n) is 3.84. The summed E-state index contributed by atoms with van der Waals surface area (Å²) >= 11 is 6.08. The Morgan fingerprint density at radius 2 is 1.62 bits per heavy atom. The van der Waals surface area contributed by atoms with Crippen molar-refractivity contribution in [2.45, 2.75) is 0 Å². The molecule has 3 N–H and O–H groups in total. The second kappa shape index (κ2) is 8.57. The molecule has 0 aliphatic carbocycles. The fourth-order valence-corrected chi connectivity index (χ4v) is 3.97. The van der Waals surface area contributed by atoms with E-state index in [9.17, 15) is 4.79 Å². The molecule has 8 nitrogen and oxygen atoms in total. The molecule has 0 saturated carbocycles. The number of nitrogens with zero attached hydrogens (tertiary/aromatic N) is 3. The lowest BCUT2D eigenvalue weighted by atomic mass is 10.2. The van der Waals surface area contributed by atoms with Gasteiger partial charge < -0.3 is 20.5 Å². The number of para-hydroxylation sites is 2. The van der Waals surface area contributed by atoms with Crippen LogP contribution in [-0.4, -0.2) is 34.7 Å². The van der Waals surface area contributed by atoms with Crippen molar-refractivity contribution in [3.05, 3.63) is 77.3 Å². The molecule has 0 unspecified atom stereocenters. The van der Waals surface area contributed by atoms with Crippen LogP contribution in [0.25, 0.3) is 27.9 Å². The molecule has 0 aliphatic heterocycles. The summed E-state index contributed by atoms with van der Waals surface area (Å²) in [5.41, 5.74) is 10.2. The van der Waals surface area contributed by atoms with Crippen molar-refractivity contribution >= 4 is 51.2 Å². The van der Waals surface area contributed by atoms with Crippen LogP contribution >= 0.6 is 11.6 Å². The highest BCUT2D eigenvalue weighted by Crippen LogP contribution is 2.33. The number of carbonyl (C=O) groups excluding carboxylic acids is 1. The van der Waals surface area contributed by atoms with E-state index in [2.05, 4.69) is 5.32 Å². The molecule has 0 radical (unpaired) electrons. The summed E-state index contributed by atoms with van der Waals surface area (Å²) in [5, 5.41) is 3.47. The first-order chi connectivity index (χ1) is 16.5. The molecule has 3 aromatic carbocycles. The minimum absolute atomic E-state index is 0.214. The maximum absolute atomic E-state index is 13.5. The number of ether oxygens (including phenoxy) is 2. The Balaban J connectivity index is 1.68. The molecule has 34 heavy (non-hydrogen) atoms. The predicted octanol–water partition coefficient (Wildman–Crippen LogP) is 5.08. The van der Waals surface area contributed by atoms with Crippen molar-refractivity contribution in [1.82, 2.24) is 14.5 Å². The Hall–Kier alpha value is -4.30. The summed E-state index contributed by atoms with van der Waals surface area (Å²) < 4.78 is 12.3. The van der Waals surface area contributed by atoms with Crippen molar-refractivity contribution in [1.29, 1.82) is 0 Å². The molecular weight excluding hydrogens is 454 g/mol. The van der Waals surface area contributed by atoms with Gasteiger partial charge in [0, 0.05) is 22.5 Å². The van der Waals surface area contributed by atoms with E-state index in [1.54, 1.807) is 42.0 Å². The predicted molar refractivity (Wildman–Crippen MR) is 133 cm³/mol. The first-order valence-electron chi connectivity index (χ1n) is 10.4. The summed E-state index contributed by atoms with van der Waals surface area (Å²) in [6, 6.07) is 19.7. The van der Waals surface area contributed by atoms with Gasteiger partial charge in [0.1, 0.15) is 16.9 Å². The second-order valence-corrected chi connectivity index (χ2v) is 7.92. The lowest BCUT2D eigenvalue weighted by Gasteiger charge is -2.11. The third-order valence-corrected chi connectivity index (χ3v) is 5.70. The number of hydrogen-bond acceptors (Lipinski definition) is 6. The highest BCUT2D eigenvalue weighted by atomic mass is 35.5. The second-order valence-electron chi connectivity index (χ2n) is 7.48. The van der Waals surface area contributed by atoms with Gasteiger partial charge in [-0.1, -0.05) is 23.7 Å². The molecule has 170 valence electrons. The Bertz CT molecular complexity index is 1550. The Morgan fingerprint density at radius 1 is 0.941 bits per heavy atom. The molecule has 0 atom stereocenters. The SMILES string of the molecule is COc1ccc(NC(=O)c2c(N)n(-c3ccc(Cl)cc3)c3nc4ccccc4nc23)cc1OC. The topological polar surface area (TPSA) is 104 Å². The normalized spacial score (nSPS) is 11.0. The van der Waals surface area contributed by atoms with E-state index < -0.39 is 5.91 Å². The molecule has 0 fully saturated rings. The summed E-state index contributed by atoms with van der Waals surface area (Å²) in [6.07, 6.45) is 0. The zero-order chi connectivity index (χ0) is 23.8. The number of anilines is 2. The van der Waals surface area contributed by atoms with Crippen LogP contribution in [-0.2, 0) is 0 Å². The lowest BCUT2D eigenvalue weighted by molar-refractivity contribution is 0.102. The summed E-state index contributed by atoms with van der Waals surface area (Å²) in [5.74, 6) is 0.831.